The smallest absolute Gasteiger partial charge is 0.337 e. The van der Waals surface area contributed by atoms with Crippen molar-refractivity contribution in [2.45, 2.75) is 0 Å². The molecule has 0 heterocycles. The van der Waals surface area contributed by atoms with Crippen LogP contribution in [0, 0.1) is 5.21 Å². The van der Waals surface area contributed by atoms with E-state index >= 15 is 0 Å². The molecule has 0 saturated carbocycles. The molecule has 20 heavy (non-hydrogen) atoms. The zero-order chi connectivity index (χ0) is 14.5. The summed E-state index contributed by atoms with van der Waals surface area (Å²) in [5, 5.41) is 12.5. The maximum atomic E-state index is 11.9. The summed E-state index contributed by atoms with van der Waals surface area (Å²) in [7, 11) is 1.32. The van der Waals surface area contributed by atoms with Crippen molar-refractivity contribution >= 4 is 29.5 Å². The molecule has 0 saturated heterocycles. The minimum atomic E-state index is -0.409. The molecule has 0 aliphatic carbocycles. The molecular weight excluding hydrogens is 278 g/mol. The first-order chi connectivity index (χ1) is 9.60. The molecule has 0 aromatic heterocycles. The Hall–Kier alpha value is -2.33. The van der Waals surface area contributed by atoms with E-state index in [-0.39, 0.29) is 0 Å². The average Bonchev–Trinajstić information content (AvgIpc) is 2.48. The lowest BCUT2D eigenvalue weighted by atomic mass is 10.1. The van der Waals surface area contributed by atoms with Gasteiger partial charge in [0.1, 0.15) is 0 Å². The van der Waals surface area contributed by atoms with E-state index < -0.39 is 5.97 Å². The Morgan fingerprint density at radius 3 is 2.30 bits per heavy atom. The van der Waals surface area contributed by atoms with E-state index in [1.54, 1.807) is 48.5 Å². The van der Waals surface area contributed by atoms with Crippen LogP contribution in [0.15, 0.2) is 48.5 Å². The number of ether oxygens (including phenoxy) is 1. The van der Waals surface area contributed by atoms with Crippen molar-refractivity contribution in [3.63, 3.8) is 0 Å². The van der Waals surface area contributed by atoms with Crippen LogP contribution in [0.25, 0.3) is 0 Å². The first-order valence-corrected chi connectivity index (χ1v) is 6.23. The summed E-state index contributed by atoms with van der Waals surface area (Å²) in [6.07, 6.45) is 1.42. The zero-order valence-electron chi connectivity index (χ0n) is 10.7. The minimum Gasteiger partial charge on any atom is -0.618 e. The van der Waals surface area contributed by atoms with Gasteiger partial charge in [0, 0.05) is 22.7 Å². The van der Waals surface area contributed by atoms with Crippen LogP contribution in [0.5, 0.6) is 0 Å². The highest BCUT2D eigenvalue weighted by Gasteiger charge is 2.05. The molecule has 0 bridgehead atoms. The third-order valence-electron chi connectivity index (χ3n) is 2.68. The minimum absolute atomic E-state index is 0.409. The second-order valence-electron chi connectivity index (χ2n) is 4.04. The van der Waals surface area contributed by atoms with Crippen molar-refractivity contribution < 1.29 is 14.3 Å². The van der Waals surface area contributed by atoms with Gasteiger partial charge in [-0.25, -0.2) is 4.79 Å². The van der Waals surface area contributed by atoms with Crippen molar-refractivity contribution in [1.82, 2.24) is 0 Å². The number of benzene rings is 2. The fourth-order valence-corrected chi connectivity index (χ4v) is 1.75. The van der Waals surface area contributed by atoms with Gasteiger partial charge in [0.25, 0.3) is 0 Å². The normalized spacial score (nSPS) is 11.2. The van der Waals surface area contributed by atoms with Gasteiger partial charge in [0.05, 0.1) is 12.7 Å². The van der Waals surface area contributed by atoms with Crippen LogP contribution in [0.1, 0.15) is 15.9 Å². The van der Waals surface area contributed by atoms with Crippen molar-refractivity contribution in [2.75, 3.05) is 7.11 Å². The number of hydrogen-bond acceptors (Lipinski definition) is 3. The van der Waals surface area contributed by atoms with Crippen LogP contribution in [-0.2, 0) is 4.74 Å². The molecule has 2 aromatic rings. The first-order valence-electron chi connectivity index (χ1n) is 5.85. The van der Waals surface area contributed by atoms with Gasteiger partial charge in [-0.1, -0.05) is 11.6 Å². The van der Waals surface area contributed by atoms with Crippen LogP contribution in [0.4, 0.5) is 5.69 Å². The van der Waals surface area contributed by atoms with E-state index in [2.05, 4.69) is 4.74 Å². The molecule has 2 rings (SSSR count). The highest BCUT2D eigenvalue weighted by Crippen LogP contribution is 2.15. The lowest BCUT2D eigenvalue weighted by Gasteiger charge is -2.03. The van der Waals surface area contributed by atoms with E-state index in [0.717, 1.165) is 4.74 Å². The van der Waals surface area contributed by atoms with Crippen LogP contribution >= 0.6 is 11.6 Å². The van der Waals surface area contributed by atoms with E-state index in [1.807, 2.05) is 0 Å². The number of carbonyl (C=O) groups is 1. The third kappa shape index (κ3) is 3.36. The molecule has 2 aromatic carbocycles. The molecule has 0 aliphatic heterocycles. The monoisotopic (exact) mass is 289 g/mol. The second-order valence-corrected chi connectivity index (χ2v) is 4.48. The topological polar surface area (TPSA) is 52.4 Å². The quantitative estimate of drug-likeness (QED) is 0.286. The van der Waals surface area contributed by atoms with Gasteiger partial charge in [-0.05, 0) is 36.4 Å². The fraction of sp³-hybridized carbons (Fsp3) is 0.0667. The molecule has 4 nitrogen and oxygen atoms in total. The molecule has 102 valence electrons. The predicted molar refractivity (Wildman–Crippen MR) is 77.7 cm³/mol. The van der Waals surface area contributed by atoms with Crippen LogP contribution in [0.2, 0.25) is 5.02 Å². The maximum Gasteiger partial charge on any atom is 0.337 e. The Morgan fingerprint density at radius 2 is 1.75 bits per heavy atom. The molecule has 0 unspecified atom stereocenters. The summed E-state index contributed by atoms with van der Waals surface area (Å²) in [5.41, 5.74) is 1.60. The molecular formula is C15H12ClNO3. The number of hydrogen-bond donors (Lipinski definition) is 0. The van der Waals surface area contributed by atoms with Crippen LogP contribution in [0.3, 0.4) is 0 Å². The Morgan fingerprint density at radius 1 is 1.15 bits per heavy atom. The van der Waals surface area contributed by atoms with Crippen molar-refractivity contribution in [2.24, 2.45) is 0 Å². The van der Waals surface area contributed by atoms with Crippen molar-refractivity contribution in [3.8, 4) is 0 Å². The summed E-state index contributed by atoms with van der Waals surface area (Å²) in [5.74, 6) is -0.409. The van der Waals surface area contributed by atoms with Crippen LogP contribution in [-0.4, -0.2) is 24.0 Å². The largest absolute Gasteiger partial charge is 0.618 e. The lowest BCUT2D eigenvalue weighted by Crippen LogP contribution is -2.02. The van der Waals surface area contributed by atoms with Gasteiger partial charge in [-0.2, -0.15) is 4.74 Å². The van der Waals surface area contributed by atoms with Crippen molar-refractivity contribution in [1.29, 1.82) is 0 Å². The summed E-state index contributed by atoms with van der Waals surface area (Å²) in [6.45, 7) is 0. The van der Waals surface area contributed by atoms with Gasteiger partial charge >= 0.3 is 5.97 Å². The lowest BCUT2D eigenvalue weighted by molar-refractivity contribution is -0.354. The Bertz CT molecular complexity index is 633. The standard InChI is InChI=1S/C15H12ClNO3/c1-20-15(18)12-4-2-11(3-5-12)10-17(19)14-8-6-13(16)7-9-14/h2-10H,1H3/b17-10-. The van der Waals surface area contributed by atoms with Gasteiger partial charge < -0.3 is 9.94 Å². The molecule has 0 aliphatic rings. The molecule has 0 atom stereocenters. The SMILES string of the molecule is COC(=O)c1ccc(/C=[N+](\[O-])c2ccc(Cl)cc2)cc1. The zero-order valence-corrected chi connectivity index (χ0v) is 11.5. The highest BCUT2D eigenvalue weighted by atomic mass is 35.5. The Labute approximate surface area is 121 Å². The molecule has 0 spiro atoms. The number of rotatable bonds is 3. The third-order valence-corrected chi connectivity index (χ3v) is 2.93. The fourth-order valence-electron chi connectivity index (χ4n) is 1.62. The van der Waals surface area contributed by atoms with E-state index in [9.17, 15) is 10.0 Å². The number of carbonyl (C=O) groups excluding carboxylic acids is 1. The number of esters is 1. The summed E-state index contributed by atoms with van der Waals surface area (Å²) < 4.78 is 5.34. The Balaban J connectivity index is 2.21. The first kappa shape index (κ1) is 14.1. The number of nitrogens with zero attached hydrogens (tertiary/aromatic N) is 1. The summed E-state index contributed by atoms with van der Waals surface area (Å²) in [6, 6.07) is 13.1. The molecule has 0 radical (unpaired) electrons. The molecule has 0 fully saturated rings. The molecule has 0 amide bonds. The predicted octanol–water partition coefficient (Wildman–Crippen LogP) is 3.39. The Kier molecular flexibility index (Phi) is 4.38. The van der Waals surface area contributed by atoms with E-state index in [0.29, 0.717) is 21.8 Å². The summed E-state index contributed by atoms with van der Waals surface area (Å²) in [4.78, 5) is 11.3. The van der Waals surface area contributed by atoms with E-state index in [4.69, 9.17) is 11.6 Å². The number of halogens is 1. The number of methoxy groups -OCH3 is 1. The highest BCUT2D eigenvalue weighted by molar-refractivity contribution is 6.30. The van der Waals surface area contributed by atoms with Gasteiger partial charge in [0.2, 0.25) is 5.69 Å². The maximum absolute atomic E-state index is 11.9. The van der Waals surface area contributed by atoms with Gasteiger partial charge in [-0.3, -0.25) is 0 Å². The van der Waals surface area contributed by atoms with Gasteiger partial charge in [0.15, 0.2) is 6.21 Å². The van der Waals surface area contributed by atoms with Gasteiger partial charge in [-0.15, -0.1) is 0 Å². The molecule has 5 heteroatoms. The molecule has 0 N–H and O–H groups in total. The second kappa shape index (κ2) is 6.21. The van der Waals surface area contributed by atoms with E-state index in [1.165, 1.54) is 13.3 Å². The average molecular weight is 290 g/mol. The summed E-state index contributed by atoms with van der Waals surface area (Å²) >= 11 is 5.76. The van der Waals surface area contributed by atoms with Crippen molar-refractivity contribution in [3.05, 3.63) is 69.9 Å². The van der Waals surface area contributed by atoms with Crippen LogP contribution < -0.4 is 0 Å².